The molecule has 7 heteroatoms. The van der Waals surface area contributed by atoms with Gasteiger partial charge in [0.2, 0.25) is 5.95 Å². The van der Waals surface area contributed by atoms with Gasteiger partial charge in [0.1, 0.15) is 5.72 Å². The van der Waals surface area contributed by atoms with E-state index < -0.39 is 5.72 Å². The molecule has 1 saturated carbocycles. The average Bonchev–Trinajstić information content (AvgIpc) is 3.41. The highest BCUT2D eigenvalue weighted by Crippen LogP contribution is 2.40. The number of nitrogens with zero attached hydrogens (tertiary/aromatic N) is 2. The predicted octanol–water partition coefficient (Wildman–Crippen LogP) is 5.10. The van der Waals surface area contributed by atoms with Gasteiger partial charge < -0.3 is 15.4 Å². The van der Waals surface area contributed by atoms with Gasteiger partial charge in [0.05, 0.1) is 9.88 Å². The van der Waals surface area contributed by atoms with Crippen LogP contribution >= 0.6 is 11.3 Å². The fourth-order valence-electron chi connectivity index (χ4n) is 4.10. The molecule has 0 amide bonds. The summed E-state index contributed by atoms with van der Waals surface area (Å²) in [6, 6.07) is 6.06. The summed E-state index contributed by atoms with van der Waals surface area (Å²) < 4.78 is 0. The Kier molecular flexibility index (Phi) is 5.99. The number of aromatic nitrogens is 3. The van der Waals surface area contributed by atoms with Crippen LogP contribution in [0, 0.1) is 0 Å². The van der Waals surface area contributed by atoms with Crippen molar-refractivity contribution in [1.29, 1.82) is 0 Å². The van der Waals surface area contributed by atoms with Crippen LogP contribution < -0.4 is 10.6 Å². The van der Waals surface area contributed by atoms with E-state index in [0.717, 1.165) is 21.7 Å². The number of rotatable bonds is 7. The zero-order chi connectivity index (χ0) is 20.3. The molecule has 0 spiro atoms. The fraction of sp³-hybridized carbons (Fsp3) is 0.455. The number of hydrogen-bond donors (Lipinski definition) is 4. The Hall–Kier alpha value is -2.22. The second-order valence-corrected chi connectivity index (χ2v) is 8.89. The Balaban J connectivity index is 1.69. The van der Waals surface area contributed by atoms with Crippen LogP contribution in [0.4, 0.5) is 11.6 Å². The Morgan fingerprint density at radius 3 is 2.79 bits per heavy atom. The van der Waals surface area contributed by atoms with E-state index in [1.54, 1.807) is 30.7 Å². The van der Waals surface area contributed by atoms with Gasteiger partial charge >= 0.3 is 0 Å². The third kappa shape index (κ3) is 4.52. The van der Waals surface area contributed by atoms with Crippen LogP contribution in [-0.4, -0.2) is 26.6 Å². The van der Waals surface area contributed by atoms with Crippen molar-refractivity contribution in [3.8, 4) is 10.4 Å². The number of imidazole rings is 1. The highest BCUT2D eigenvalue weighted by molar-refractivity contribution is 7.15. The SMILES string of the molecule is CCNC(C)(O)c1cc(Nc2ncc[nH]2)ccc1-c1cnc(C2CCCCC2)s1. The molecule has 3 aromatic rings. The minimum atomic E-state index is -1.15. The predicted molar refractivity (Wildman–Crippen MR) is 118 cm³/mol. The first kappa shape index (κ1) is 20.1. The summed E-state index contributed by atoms with van der Waals surface area (Å²) in [5.74, 6) is 1.25. The van der Waals surface area contributed by atoms with Crippen LogP contribution in [0.2, 0.25) is 0 Å². The van der Waals surface area contributed by atoms with E-state index in [1.165, 1.54) is 37.1 Å². The molecule has 29 heavy (non-hydrogen) atoms. The Morgan fingerprint density at radius 2 is 2.07 bits per heavy atom. The third-order valence-corrected chi connectivity index (χ3v) is 6.76. The van der Waals surface area contributed by atoms with Crippen LogP contribution in [0.15, 0.2) is 36.8 Å². The summed E-state index contributed by atoms with van der Waals surface area (Å²) >= 11 is 1.76. The first-order valence-electron chi connectivity index (χ1n) is 10.4. The van der Waals surface area contributed by atoms with E-state index in [1.807, 2.05) is 25.3 Å². The van der Waals surface area contributed by atoms with Gasteiger partial charge in [0.15, 0.2) is 0 Å². The Bertz CT molecular complexity index is 929. The second-order valence-electron chi connectivity index (χ2n) is 7.82. The smallest absolute Gasteiger partial charge is 0.204 e. The van der Waals surface area contributed by atoms with Gasteiger partial charge in [-0.25, -0.2) is 9.97 Å². The number of hydrogen-bond acceptors (Lipinski definition) is 6. The molecule has 1 fully saturated rings. The number of aliphatic hydroxyl groups is 1. The average molecular weight is 412 g/mol. The Morgan fingerprint density at radius 1 is 1.24 bits per heavy atom. The van der Waals surface area contributed by atoms with Gasteiger partial charge in [-0.05, 0) is 38.4 Å². The van der Waals surface area contributed by atoms with Crippen LogP contribution in [0.1, 0.15) is 62.4 Å². The lowest BCUT2D eigenvalue weighted by Gasteiger charge is -2.27. The molecule has 4 rings (SSSR count). The molecular weight excluding hydrogens is 382 g/mol. The van der Waals surface area contributed by atoms with Crippen molar-refractivity contribution < 1.29 is 5.11 Å². The summed E-state index contributed by atoms with van der Waals surface area (Å²) in [7, 11) is 0. The van der Waals surface area contributed by atoms with Crippen LogP contribution in [-0.2, 0) is 5.72 Å². The van der Waals surface area contributed by atoms with E-state index >= 15 is 0 Å². The quantitative estimate of drug-likeness (QED) is 0.407. The molecule has 0 radical (unpaired) electrons. The van der Waals surface area contributed by atoms with Crippen molar-refractivity contribution in [2.24, 2.45) is 0 Å². The lowest BCUT2D eigenvalue weighted by atomic mass is 9.90. The molecule has 154 valence electrons. The van der Waals surface area contributed by atoms with Gasteiger partial charge in [0, 0.05) is 41.3 Å². The number of H-pyrrole nitrogens is 1. The monoisotopic (exact) mass is 411 g/mol. The molecule has 1 aromatic carbocycles. The molecule has 2 heterocycles. The standard InChI is InChI=1S/C22H29N5OS/c1-3-26-22(2,28)18-13-16(27-21-23-11-12-24-21)9-10-17(18)19-14-25-20(29-19)15-7-5-4-6-8-15/h9-15,26,28H,3-8H2,1-2H3,(H2,23,24,27). The van der Waals surface area contributed by atoms with Crippen molar-refractivity contribution in [1.82, 2.24) is 20.3 Å². The van der Waals surface area contributed by atoms with Gasteiger partial charge in [-0.2, -0.15) is 0 Å². The minimum Gasteiger partial charge on any atom is -0.372 e. The van der Waals surface area contributed by atoms with Crippen molar-refractivity contribution in [2.45, 2.75) is 57.6 Å². The number of benzene rings is 1. The molecule has 0 saturated heterocycles. The van der Waals surface area contributed by atoms with Crippen molar-refractivity contribution in [3.63, 3.8) is 0 Å². The number of nitrogens with one attached hydrogen (secondary N) is 3. The normalized spacial score (nSPS) is 17.2. The van der Waals surface area contributed by atoms with E-state index in [4.69, 9.17) is 4.98 Å². The molecule has 6 nitrogen and oxygen atoms in total. The van der Waals surface area contributed by atoms with Crippen LogP contribution in [0.3, 0.4) is 0 Å². The van der Waals surface area contributed by atoms with E-state index in [-0.39, 0.29) is 0 Å². The van der Waals surface area contributed by atoms with Crippen LogP contribution in [0.25, 0.3) is 10.4 Å². The van der Waals surface area contributed by atoms with Crippen molar-refractivity contribution in [2.75, 3.05) is 11.9 Å². The molecule has 0 bridgehead atoms. The van der Waals surface area contributed by atoms with Gasteiger partial charge in [0.25, 0.3) is 0 Å². The molecule has 1 aliphatic carbocycles. The summed E-state index contributed by atoms with van der Waals surface area (Å²) in [5.41, 5.74) is 1.56. The summed E-state index contributed by atoms with van der Waals surface area (Å²) in [5, 5.41) is 18.8. The summed E-state index contributed by atoms with van der Waals surface area (Å²) in [6.07, 6.45) is 11.9. The number of anilines is 2. The first-order valence-corrected chi connectivity index (χ1v) is 11.2. The topological polar surface area (TPSA) is 85.9 Å². The summed E-state index contributed by atoms with van der Waals surface area (Å²) in [6.45, 7) is 4.46. The van der Waals surface area contributed by atoms with E-state index in [9.17, 15) is 5.11 Å². The zero-order valence-corrected chi connectivity index (χ0v) is 17.9. The fourth-order valence-corrected chi connectivity index (χ4v) is 5.23. The molecule has 4 N–H and O–H groups in total. The van der Waals surface area contributed by atoms with Gasteiger partial charge in [-0.3, -0.25) is 5.32 Å². The largest absolute Gasteiger partial charge is 0.372 e. The lowest BCUT2D eigenvalue weighted by Crippen LogP contribution is -2.39. The van der Waals surface area contributed by atoms with Crippen molar-refractivity contribution >= 4 is 23.0 Å². The molecule has 1 aliphatic rings. The zero-order valence-electron chi connectivity index (χ0n) is 17.0. The first-order chi connectivity index (χ1) is 14.1. The molecular formula is C22H29N5OS. The van der Waals surface area contributed by atoms with Crippen molar-refractivity contribution in [3.05, 3.63) is 47.4 Å². The van der Waals surface area contributed by atoms with E-state index in [0.29, 0.717) is 18.4 Å². The number of thiazole rings is 1. The lowest BCUT2D eigenvalue weighted by molar-refractivity contribution is 0.0225. The molecule has 1 unspecified atom stereocenters. The maximum absolute atomic E-state index is 11.2. The van der Waals surface area contributed by atoms with Gasteiger partial charge in [-0.15, -0.1) is 11.3 Å². The second kappa shape index (κ2) is 8.65. The minimum absolute atomic E-state index is 0.583. The molecule has 1 atom stereocenters. The molecule has 0 aliphatic heterocycles. The Labute approximate surface area is 175 Å². The number of aromatic amines is 1. The molecule has 2 aromatic heterocycles. The maximum Gasteiger partial charge on any atom is 0.204 e. The van der Waals surface area contributed by atoms with E-state index in [2.05, 4.69) is 26.7 Å². The third-order valence-electron chi connectivity index (χ3n) is 5.57. The highest BCUT2D eigenvalue weighted by Gasteiger charge is 2.27. The van der Waals surface area contributed by atoms with Crippen LogP contribution in [0.5, 0.6) is 0 Å². The van der Waals surface area contributed by atoms with Gasteiger partial charge in [-0.1, -0.05) is 32.3 Å². The summed E-state index contributed by atoms with van der Waals surface area (Å²) in [4.78, 5) is 13.1. The maximum atomic E-state index is 11.2. The highest BCUT2D eigenvalue weighted by atomic mass is 32.1.